The number of carbonyl (C=O) groups excluding carboxylic acids is 2. The van der Waals surface area contributed by atoms with E-state index in [0.717, 1.165) is 17.0 Å². The summed E-state index contributed by atoms with van der Waals surface area (Å²) >= 11 is 0. The summed E-state index contributed by atoms with van der Waals surface area (Å²) in [7, 11) is 1.33. The molecule has 0 N–H and O–H groups in total. The van der Waals surface area contributed by atoms with Gasteiger partial charge in [-0.15, -0.1) is 0 Å². The smallest absolute Gasteiger partial charge is 0.340 e. The first-order valence-electron chi connectivity index (χ1n) is 8.32. The van der Waals surface area contributed by atoms with Crippen LogP contribution in [0.1, 0.15) is 37.7 Å². The molecule has 0 amide bonds. The third-order valence-electron chi connectivity index (χ3n) is 3.96. The van der Waals surface area contributed by atoms with E-state index in [4.69, 9.17) is 4.74 Å². The average Bonchev–Trinajstić information content (AvgIpc) is 3.04. The molecular weight excluding hydrogens is 346 g/mol. The standard InChI is InChI=1S/C20H19N3O4/c1-13-10-14(2)23(22-13)18-9-8-17(11-21-18)20(25)27-12-15-4-6-16(7-5-15)19(24)26-3/h4-11H,12H2,1-3H3. The Morgan fingerprint density at radius 2 is 1.70 bits per heavy atom. The second kappa shape index (κ2) is 7.82. The topological polar surface area (TPSA) is 83.3 Å². The minimum atomic E-state index is -0.473. The fourth-order valence-electron chi connectivity index (χ4n) is 2.58. The molecule has 3 aromatic rings. The van der Waals surface area contributed by atoms with E-state index in [-0.39, 0.29) is 6.61 Å². The summed E-state index contributed by atoms with van der Waals surface area (Å²) in [6, 6.07) is 12.0. The average molecular weight is 365 g/mol. The lowest BCUT2D eigenvalue weighted by Gasteiger charge is -2.07. The van der Waals surface area contributed by atoms with Crippen LogP contribution in [0.3, 0.4) is 0 Å². The summed E-state index contributed by atoms with van der Waals surface area (Å²) in [4.78, 5) is 27.9. The van der Waals surface area contributed by atoms with E-state index in [9.17, 15) is 9.59 Å². The molecule has 0 radical (unpaired) electrons. The van der Waals surface area contributed by atoms with Gasteiger partial charge in [-0.05, 0) is 49.7 Å². The van der Waals surface area contributed by atoms with Crippen molar-refractivity contribution in [3.05, 3.63) is 76.7 Å². The van der Waals surface area contributed by atoms with Gasteiger partial charge < -0.3 is 9.47 Å². The van der Waals surface area contributed by atoms with Gasteiger partial charge in [-0.1, -0.05) is 12.1 Å². The van der Waals surface area contributed by atoms with E-state index in [1.54, 1.807) is 41.1 Å². The van der Waals surface area contributed by atoms with Crippen molar-refractivity contribution in [2.45, 2.75) is 20.5 Å². The fourth-order valence-corrected chi connectivity index (χ4v) is 2.58. The maximum absolute atomic E-state index is 12.2. The predicted molar refractivity (Wildman–Crippen MR) is 97.7 cm³/mol. The summed E-state index contributed by atoms with van der Waals surface area (Å²) in [5, 5.41) is 4.36. The Bertz CT molecular complexity index is 960. The molecule has 0 atom stereocenters. The Hall–Kier alpha value is -3.48. The molecule has 27 heavy (non-hydrogen) atoms. The first-order valence-corrected chi connectivity index (χ1v) is 8.32. The quantitative estimate of drug-likeness (QED) is 0.646. The van der Waals surface area contributed by atoms with Crippen molar-refractivity contribution in [3.63, 3.8) is 0 Å². The van der Waals surface area contributed by atoms with Crippen molar-refractivity contribution in [2.24, 2.45) is 0 Å². The number of hydrogen-bond acceptors (Lipinski definition) is 6. The second-order valence-corrected chi connectivity index (χ2v) is 6.01. The first kappa shape index (κ1) is 18.3. The molecular formula is C20H19N3O4. The van der Waals surface area contributed by atoms with Crippen LogP contribution in [-0.4, -0.2) is 33.8 Å². The van der Waals surface area contributed by atoms with Gasteiger partial charge in [0.1, 0.15) is 6.61 Å². The lowest BCUT2D eigenvalue weighted by atomic mass is 10.1. The highest BCUT2D eigenvalue weighted by atomic mass is 16.5. The molecule has 7 heteroatoms. The zero-order valence-electron chi connectivity index (χ0n) is 15.3. The van der Waals surface area contributed by atoms with Crippen molar-refractivity contribution < 1.29 is 19.1 Å². The molecule has 0 aliphatic heterocycles. The van der Waals surface area contributed by atoms with Crippen LogP contribution in [0.5, 0.6) is 0 Å². The van der Waals surface area contributed by atoms with Crippen LogP contribution in [-0.2, 0) is 16.1 Å². The molecule has 0 aliphatic rings. The molecule has 1 aromatic carbocycles. The van der Waals surface area contributed by atoms with Gasteiger partial charge in [0.15, 0.2) is 5.82 Å². The lowest BCUT2D eigenvalue weighted by molar-refractivity contribution is 0.0471. The molecule has 2 heterocycles. The minimum absolute atomic E-state index is 0.0967. The monoisotopic (exact) mass is 365 g/mol. The van der Waals surface area contributed by atoms with Crippen molar-refractivity contribution in [1.29, 1.82) is 0 Å². The summed E-state index contributed by atoms with van der Waals surface area (Å²) in [5.41, 5.74) is 3.42. The van der Waals surface area contributed by atoms with Gasteiger partial charge in [-0.25, -0.2) is 19.3 Å². The summed E-state index contributed by atoms with van der Waals surface area (Å²) in [6.07, 6.45) is 1.47. The predicted octanol–water partition coefficient (Wildman–Crippen LogP) is 3.03. The summed E-state index contributed by atoms with van der Waals surface area (Å²) in [5.74, 6) is -0.248. The van der Waals surface area contributed by atoms with Crippen LogP contribution in [0.2, 0.25) is 0 Å². The maximum Gasteiger partial charge on any atom is 0.340 e. The Morgan fingerprint density at radius 1 is 1.00 bits per heavy atom. The molecule has 138 valence electrons. The third-order valence-corrected chi connectivity index (χ3v) is 3.96. The number of hydrogen-bond donors (Lipinski definition) is 0. The van der Waals surface area contributed by atoms with E-state index in [1.165, 1.54) is 13.3 Å². The SMILES string of the molecule is COC(=O)c1ccc(COC(=O)c2ccc(-n3nc(C)cc3C)nc2)cc1. The molecule has 7 nitrogen and oxygen atoms in total. The van der Waals surface area contributed by atoms with E-state index in [0.29, 0.717) is 16.9 Å². The molecule has 2 aromatic heterocycles. The number of carbonyl (C=O) groups is 2. The Balaban J connectivity index is 1.63. The van der Waals surface area contributed by atoms with Gasteiger partial charge >= 0.3 is 11.9 Å². The number of nitrogens with zero attached hydrogens (tertiary/aromatic N) is 3. The van der Waals surface area contributed by atoms with E-state index in [1.807, 2.05) is 19.9 Å². The Labute approximate surface area is 156 Å². The molecule has 0 saturated heterocycles. The van der Waals surface area contributed by atoms with Crippen LogP contribution in [0.4, 0.5) is 0 Å². The Morgan fingerprint density at radius 3 is 2.26 bits per heavy atom. The van der Waals surface area contributed by atoms with Crippen molar-refractivity contribution >= 4 is 11.9 Å². The van der Waals surface area contributed by atoms with E-state index in [2.05, 4.69) is 14.8 Å². The number of methoxy groups -OCH3 is 1. The molecule has 0 fully saturated rings. The van der Waals surface area contributed by atoms with Crippen LogP contribution in [0.25, 0.3) is 5.82 Å². The van der Waals surface area contributed by atoms with Gasteiger partial charge in [-0.2, -0.15) is 5.10 Å². The van der Waals surface area contributed by atoms with E-state index >= 15 is 0 Å². The summed E-state index contributed by atoms with van der Waals surface area (Å²) in [6.45, 7) is 3.95. The highest BCUT2D eigenvalue weighted by Crippen LogP contribution is 2.12. The normalized spacial score (nSPS) is 10.5. The number of aromatic nitrogens is 3. The van der Waals surface area contributed by atoms with Crippen molar-refractivity contribution in [1.82, 2.24) is 14.8 Å². The molecule has 0 saturated carbocycles. The minimum Gasteiger partial charge on any atom is -0.465 e. The van der Waals surface area contributed by atoms with Gasteiger partial charge in [0.2, 0.25) is 0 Å². The highest BCUT2D eigenvalue weighted by molar-refractivity contribution is 5.89. The van der Waals surface area contributed by atoms with Gasteiger partial charge in [0.05, 0.1) is 23.9 Å². The van der Waals surface area contributed by atoms with Crippen molar-refractivity contribution in [3.8, 4) is 5.82 Å². The third kappa shape index (κ3) is 4.20. The number of benzene rings is 1. The van der Waals surface area contributed by atoms with Crippen LogP contribution in [0, 0.1) is 13.8 Å². The number of esters is 2. The van der Waals surface area contributed by atoms with Crippen molar-refractivity contribution in [2.75, 3.05) is 7.11 Å². The Kier molecular flexibility index (Phi) is 5.30. The number of rotatable bonds is 5. The number of ether oxygens (including phenoxy) is 2. The van der Waals surface area contributed by atoms with Gasteiger partial charge in [-0.3, -0.25) is 0 Å². The lowest BCUT2D eigenvalue weighted by Crippen LogP contribution is -2.08. The van der Waals surface area contributed by atoms with Gasteiger partial charge in [0, 0.05) is 11.9 Å². The molecule has 3 rings (SSSR count). The zero-order valence-corrected chi connectivity index (χ0v) is 15.3. The number of aryl methyl sites for hydroxylation is 2. The van der Waals surface area contributed by atoms with Gasteiger partial charge in [0.25, 0.3) is 0 Å². The maximum atomic E-state index is 12.2. The molecule has 0 aliphatic carbocycles. The summed E-state index contributed by atoms with van der Waals surface area (Å²) < 4.78 is 11.7. The largest absolute Gasteiger partial charge is 0.465 e. The fraction of sp³-hybridized carbons (Fsp3) is 0.200. The van der Waals surface area contributed by atoms with Crippen LogP contribution >= 0.6 is 0 Å². The molecule has 0 spiro atoms. The zero-order chi connectivity index (χ0) is 19.4. The molecule has 0 bridgehead atoms. The highest BCUT2D eigenvalue weighted by Gasteiger charge is 2.11. The van der Waals surface area contributed by atoms with Crippen LogP contribution in [0.15, 0.2) is 48.7 Å². The number of pyridine rings is 1. The molecule has 0 unspecified atom stereocenters. The first-order chi connectivity index (χ1) is 13.0. The van der Waals surface area contributed by atoms with E-state index < -0.39 is 11.9 Å². The van der Waals surface area contributed by atoms with Crippen LogP contribution < -0.4 is 0 Å². The second-order valence-electron chi connectivity index (χ2n) is 6.01.